The van der Waals surface area contributed by atoms with Crippen molar-refractivity contribution in [2.75, 3.05) is 6.79 Å². The average molecular weight is 149 g/mol. The van der Waals surface area contributed by atoms with E-state index in [0.29, 0.717) is 0 Å². The lowest BCUT2D eigenvalue weighted by molar-refractivity contribution is 0.174. The first-order valence-electron chi connectivity index (χ1n) is 3.30. The highest BCUT2D eigenvalue weighted by Crippen LogP contribution is 2.31. The number of hydrogen-bond acceptors (Lipinski definition) is 3. The van der Waals surface area contributed by atoms with Gasteiger partial charge in [-0.2, -0.15) is 0 Å². The third-order valence-corrected chi connectivity index (χ3v) is 1.56. The zero-order valence-electron chi connectivity index (χ0n) is 5.83. The van der Waals surface area contributed by atoms with Crippen molar-refractivity contribution in [1.29, 1.82) is 5.41 Å². The molecule has 11 heavy (non-hydrogen) atoms. The topological polar surface area (TPSA) is 42.3 Å². The maximum atomic E-state index is 6.99. The van der Waals surface area contributed by atoms with Gasteiger partial charge in [-0.05, 0) is 23.8 Å². The van der Waals surface area contributed by atoms with E-state index in [2.05, 4.69) is 0 Å². The number of rotatable bonds is 1. The van der Waals surface area contributed by atoms with Crippen LogP contribution in [0.1, 0.15) is 5.56 Å². The van der Waals surface area contributed by atoms with E-state index < -0.39 is 0 Å². The smallest absolute Gasteiger partial charge is 0.231 e. The fourth-order valence-electron chi connectivity index (χ4n) is 1.00. The van der Waals surface area contributed by atoms with Crippen molar-refractivity contribution in [1.82, 2.24) is 0 Å². The molecule has 0 aromatic heterocycles. The predicted molar refractivity (Wildman–Crippen MR) is 40.5 cm³/mol. The zero-order chi connectivity index (χ0) is 7.68. The van der Waals surface area contributed by atoms with Gasteiger partial charge in [-0.1, -0.05) is 0 Å². The van der Waals surface area contributed by atoms with Crippen LogP contribution in [0.5, 0.6) is 11.5 Å². The van der Waals surface area contributed by atoms with E-state index in [1.165, 1.54) is 6.21 Å². The Morgan fingerprint density at radius 3 is 2.91 bits per heavy atom. The zero-order valence-corrected chi connectivity index (χ0v) is 5.83. The summed E-state index contributed by atoms with van der Waals surface area (Å²) < 4.78 is 10.2. The highest BCUT2D eigenvalue weighted by molar-refractivity contribution is 5.78. The number of nitrogens with one attached hydrogen (secondary N) is 1. The number of fused-ring (bicyclic) bond motifs is 1. The van der Waals surface area contributed by atoms with Crippen LogP contribution in [0.4, 0.5) is 0 Å². The highest BCUT2D eigenvalue weighted by atomic mass is 16.7. The summed E-state index contributed by atoms with van der Waals surface area (Å²) in [5, 5.41) is 6.99. The molecule has 0 spiro atoms. The summed E-state index contributed by atoms with van der Waals surface area (Å²) in [6.07, 6.45) is 1.28. The van der Waals surface area contributed by atoms with E-state index in [4.69, 9.17) is 14.9 Å². The summed E-state index contributed by atoms with van der Waals surface area (Å²) in [5.74, 6) is 1.49. The van der Waals surface area contributed by atoms with E-state index in [1.54, 1.807) is 6.07 Å². The first kappa shape index (κ1) is 6.22. The Morgan fingerprint density at radius 1 is 1.27 bits per heavy atom. The van der Waals surface area contributed by atoms with Crippen molar-refractivity contribution in [3.63, 3.8) is 0 Å². The van der Waals surface area contributed by atoms with Crippen LogP contribution < -0.4 is 9.47 Å². The molecule has 0 bridgehead atoms. The van der Waals surface area contributed by atoms with Gasteiger partial charge in [0.2, 0.25) is 6.79 Å². The molecule has 0 unspecified atom stereocenters. The van der Waals surface area contributed by atoms with Gasteiger partial charge < -0.3 is 14.9 Å². The molecular formula is C8H7NO2. The normalized spacial score (nSPS) is 13.1. The quantitative estimate of drug-likeness (QED) is 0.613. The van der Waals surface area contributed by atoms with E-state index in [1.807, 2.05) is 12.1 Å². The van der Waals surface area contributed by atoms with Gasteiger partial charge in [0.1, 0.15) is 0 Å². The molecule has 1 aliphatic heterocycles. The van der Waals surface area contributed by atoms with Crippen LogP contribution in [-0.4, -0.2) is 13.0 Å². The van der Waals surface area contributed by atoms with E-state index in [0.717, 1.165) is 17.1 Å². The Morgan fingerprint density at radius 2 is 2.09 bits per heavy atom. The van der Waals surface area contributed by atoms with Gasteiger partial charge in [-0.25, -0.2) is 0 Å². The van der Waals surface area contributed by atoms with Crippen molar-refractivity contribution < 1.29 is 9.47 Å². The summed E-state index contributed by atoms with van der Waals surface area (Å²) in [7, 11) is 0. The summed E-state index contributed by atoms with van der Waals surface area (Å²) in [6.45, 7) is 0.288. The molecule has 56 valence electrons. The molecule has 1 N–H and O–H groups in total. The Balaban J connectivity index is 2.48. The predicted octanol–water partition coefficient (Wildman–Crippen LogP) is 1.41. The molecule has 0 amide bonds. The van der Waals surface area contributed by atoms with Crippen LogP contribution >= 0.6 is 0 Å². The van der Waals surface area contributed by atoms with Gasteiger partial charge >= 0.3 is 0 Å². The lowest BCUT2D eigenvalue weighted by Gasteiger charge is -1.95. The number of ether oxygens (including phenoxy) is 2. The van der Waals surface area contributed by atoms with E-state index in [9.17, 15) is 0 Å². The second kappa shape index (κ2) is 2.27. The third-order valence-electron chi connectivity index (χ3n) is 1.56. The molecule has 1 heterocycles. The lowest BCUT2D eigenvalue weighted by Crippen LogP contribution is -1.92. The molecule has 0 saturated heterocycles. The van der Waals surface area contributed by atoms with Gasteiger partial charge in [-0.15, -0.1) is 0 Å². The minimum atomic E-state index is 0.288. The molecule has 3 heteroatoms. The van der Waals surface area contributed by atoms with Crippen LogP contribution in [0.3, 0.4) is 0 Å². The molecule has 0 fully saturated rings. The molecule has 2 rings (SSSR count). The van der Waals surface area contributed by atoms with E-state index in [-0.39, 0.29) is 6.79 Å². The monoisotopic (exact) mass is 149 g/mol. The van der Waals surface area contributed by atoms with Gasteiger partial charge in [0.05, 0.1) is 0 Å². The molecular weight excluding hydrogens is 142 g/mol. The molecule has 1 aromatic carbocycles. The molecule has 1 aromatic rings. The number of benzene rings is 1. The Kier molecular flexibility index (Phi) is 1.28. The lowest BCUT2D eigenvalue weighted by atomic mass is 10.2. The summed E-state index contributed by atoms with van der Waals surface area (Å²) in [4.78, 5) is 0. The first-order valence-corrected chi connectivity index (χ1v) is 3.30. The maximum Gasteiger partial charge on any atom is 0.231 e. The van der Waals surface area contributed by atoms with Crippen LogP contribution in [0.2, 0.25) is 0 Å². The van der Waals surface area contributed by atoms with Gasteiger partial charge in [0, 0.05) is 6.21 Å². The minimum Gasteiger partial charge on any atom is -0.454 e. The SMILES string of the molecule is N=Cc1ccc2c(c1)OCO2. The van der Waals surface area contributed by atoms with Gasteiger partial charge in [0.25, 0.3) is 0 Å². The van der Waals surface area contributed by atoms with E-state index >= 15 is 0 Å². The van der Waals surface area contributed by atoms with Crippen molar-refractivity contribution in [2.24, 2.45) is 0 Å². The fourth-order valence-corrected chi connectivity index (χ4v) is 1.00. The fraction of sp³-hybridized carbons (Fsp3) is 0.125. The van der Waals surface area contributed by atoms with Crippen molar-refractivity contribution in [3.8, 4) is 11.5 Å². The first-order chi connectivity index (χ1) is 5.40. The van der Waals surface area contributed by atoms with Crippen molar-refractivity contribution in [2.45, 2.75) is 0 Å². The second-order valence-corrected chi connectivity index (χ2v) is 2.26. The molecule has 0 saturated carbocycles. The highest BCUT2D eigenvalue weighted by Gasteiger charge is 2.11. The molecule has 1 aliphatic rings. The van der Waals surface area contributed by atoms with Crippen LogP contribution in [0, 0.1) is 5.41 Å². The third kappa shape index (κ3) is 0.941. The Labute approximate surface area is 64.1 Å². The maximum absolute atomic E-state index is 6.99. The molecule has 0 aliphatic carbocycles. The standard InChI is InChI=1S/C8H7NO2/c9-4-6-1-2-7-8(3-6)11-5-10-7/h1-4,9H,5H2. The molecule has 0 radical (unpaired) electrons. The Bertz CT molecular complexity index is 296. The van der Waals surface area contributed by atoms with Gasteiger partial charge in [0.15, 0.2) is 11.5 Å². The van der Waals surface area contributed by atoms with Crippen molar-refractivity contribution >= 4 is 6.21 Å². The average Bonchev–Trinajstić information content (AvgIpc) is 2.50. The molecule has 0 atom stereocenters. The second-order valence-electron chi connectivity index (χ2n) is 2.26. The molecule has 3 nitrogen and oxygen atoms in total. The van der Waals surface area contributed by atoms with Gasteiger partial charge in [-0.3, -0.25) is 0 Å². The minimum absolute atomic E-state index is 0.288. The Hall–Kier alpha value is -1.51. The van der Waals surface area contributed by atoms with Crippen LogP contribution in [-0.2, 0) is 0 Å². The van der Waals surface area contributed by atoms with Crippen LogP contribution in [0.25, 0.3) is 0 Å². The summed E-state index contributed by atoms with van der Waals surface area (Å²) in [6, 6.07) is 5.42. The largest absolute Gasteiger partial charge is 0.454 e. The van der Waals surface area contributed by atoms with Crippen LogP contribution in [0.15, 0.2) is 18.2 Å². The summed E-state index contributed by atoms with van der Waals surface area (Å²) in [5.41, 5.74) is 0.828. The van der Waals surface area contributed by atoms with Crippen molar-refractivity contribution in [3.05, 3.63) is 23.8 Å². The summed E-state index contributed by atoms with van der Waals surface area (Å²) >= 11 is 0. The number of hydrogen-bond donors (Lipinski definition) is 1.